The number of hydrogen-bond donors (Lipinski definition) is 1. The van der Waals surface area contributed by atoms with E-state index in [1.54, 1.807) is 55.7 Å². The van der Waals surface area contributed by atoms with Crippen LogP contribution in [0.2, 0.25) is 0 Å². The van der Waals surface area contributed by atoms with Crippen molar-refractivity contribution in [3.63, 3.8) is 0 Å². The summed E-state index contributed by atoms with van der Waals surface area (Å²) in [6.07, 6.45) is 0.426. The van der Waals surface area contributed by atoms with E-state index < -0.39 is 13.0 Å². The van der Waals surface area contributed by atoms with Crippen molar-refractivity contribution >= 4 is 22.9 Å². The van der Waals surface area contributed by atoms with E-state index in [1.165, 1.54) is 23.9 Å². The minimum Gasteiger partial charge on any atom is -0.481 e. The molecule has 0 saturated carbocycles. The SMILES string of the molecule is CN=Cc1cc(-c2cc3ccc(OCC(F)F)nc3n(-c3ccc(OC)nc3)c2=O)ccc1N. The Hall–Kier alpha value is -4.34. The van der Waals surface area contributed by atoms with E-state index >= 15 is 0 Å². The fourth-order valence-corrected chi connectivity index (χ4v) is 3.46. The number of nitrogens with zero attached hydrogens (tertiary/aromatic N) is 4. The lowest BCUT2D eigenvalue weighted by Gasteiger charge is -2.14. The molecule has 1 aromatic carbocycles. The van der Waals surface area contributed by atoms with Gasteiger partial charge in [-0.25, -0.2) is 13.8 Å². The molecular weight excluding hydrogens is 444 g/mol. The van der Waals surface area contributed by atoms with E-state index in [2.05, 4.69) is 15.0 Å². The number of fused-ring (bicyclic) bond motifs is 1. The molecule has 2 N–H and O–H groups in total. The molecule has 0 unspecified atom stereocenters. The Bertz CT molecular complexity index is 1420. The monoisotopic (exact) mass is 465 g/mol. The molecule has 0 fully saturated rings. The Labute approximate surface area is 193 Å². The average molecular weight is 465 g/mol. The third-order valence-corrected chi connectivity index (χ3v) is 5.04. The van der Waals surface area contributed by atoms with Gasteiger partial charge in [0.25, 0.3) is 12.0 Å². The molecule has 0 atom stereocenters. The number of alkyl halides is 2. The standard InChI is InChI=1S/C24H21F2N5O3/c1-28-11-16-9-14(3-6-19(16)27)18-10-15-4-7-22(34-13-20(25)26)30-23(15)31(24(18)32)17-5-8-21(33-2)29-12-17/h3-12,20H,13,27H2,1-2H3. The predicted molar refractivity (Wildman–Crippen MR) is 127 cm³/mol. The summed E-state index contributed by atoms with van der Waals surface area (Å²) < 4.78 is 36.8. The van der Waals surface area contributed by atoms with Crippen LogP contribution < -0.4 is 20.8 Å². The first-order chi connectivity index (χ1) is 16.4. The number of benzene rings is 1. The fraction of sp³-hybridized carbons (Fsp3) is 0.167. The number of halogens is 2. The second kappa shape index (κ2) is 9.65. The van der Waals surface area contributed by atoms with Gasteiger partial charge in [0.15, 0.2) is 12.3 Å². The fourth-order valence-electron chi connectivity index (χ4n) is 3.46. The Kier molecular flexibility index (Phi) is 6.48. The van der Waals surface area contributed by atoms with Gasteiger partial charge in [0, 0.05) is 47.6 Å². The van der Waals surface area contributed by atoms with E-state index in [1.807, 2.05) is 0 Å². The number of nitrogens with two attached hydrogens (primary N) is 1. The molecule has 0 spiro atoms. The van der Waals surface area contributed by atoms with Gasteiger partial charge in [-0.15, -0.1) is 0 Å². The summed E-state index contributed by atoms with van der Waals surface area (Å²) in [5.74, 6) is 0.345. The molecule has 3 heterocycles. The zero-order chi connectivity index (χ0) is 24.2. The van der Waals surface area contributed by atoms with E-state index in [0.717, 1.165) is 0 Å². The van der Waals surface area contributed by atoms with Crippen molar-refractivity contribution in [1.82, 2.24) is 14.5 Å². The van der Waals surface area contributed by atoms with Crippen LogP contribution >= 0.6 is 0 Å². The second-order valence-corrected chi connectivity index (χ2v) is 7.25. The quantitative estimate of drug-likeness (QED) is 0.329. The minimum atomic E-state index is -2.65. The largest absolute Gasteiger partial charge is 0.481 e. The Morgan fingerprint density at radius 2 is 1.94 bits per heavy atom. The summed E-state index contributed by atoms with van der Waals surface area (Å²) >= 11 is 0. The molecule has 0 amide bonds. The summed E-state index contributed by atoms with van der Waals surface area (Å²) in [5.41, 5.74) is 8.50. The van der Waals surface area contributed by atoms with Crippen molar-refractivity contribution in [3.8, 4) is 28.6 Å². The van der Waals surface area contributed by atoms with Crippen LogP contribution in [0.5, 0.6) is 11.8 Å². The van der Waals surface area contributed by atoms with Gasteiger partial charge in [-0.1, -0.05) is 6.07 Å². The van der Waals surface area contributed by atoms with Crippen molar-refractivity contribution < 1.29 is 18.3 Å². The zero-order valence-corrected chi connectivity index (χ0v) is 18.4. The molecule has 0 aliphatic rings. The molecule has 3 aromatic heterocycles. The number of aliphatic imine (C=N–C) groups is 1. The maximum Gasteiger partial charge on any atom is 0.272 e. The second-order valence-electron chi connectivity index (χ2n) is 7.25. The third kappa shape index (κ3) is 4.56. The van der Waals surface area contributed by atoms with Crippen molar-refractivity contribution in [1.29, 1.82) is 0 Å². The van der Waals surface area contributed by atoms with Crippen LogP contribution in [0.3, 0.4) is 0 Å². The summed E-state index contributed by atoms with van der Waals surface area (Å²) in [7, 11) is 3.11. The molecule has 0 aliphatic heterocycles. The topological polar surface area (TPSA) is 105 Å². The summed E-state index contributed by atoms with van der Waals surface area (Å²) in [5, 5.41) is 0.595. The van der Waals surface area contributed by atoms with Crippen LogP contribution in [0.25, 0.3) is 27.8 Å². The number of methoxy groups -OCH3 is 1. The Morgan fingerprint density at radius 1 is 1.15 bits per heavy atom. The molecular formula is C24H21F2N5O3. The van der Waals surface area contributed by atoms with E-state index in [9.17, 15) is 13.6 Å². The van der Waals surface area contributed by atoms with Crippen LogP contribution in [0.4, 0.5) is 14.5 Å². The highest BCUT2D eigenvalue weighted by Crippen LogP contribution is 2.26. The Balaban J connectivity index is 1.97. The predicted octanol–water partition coefficient (Wildman–Crippen LogP) is 3.73. The lowest BCUT2D eigenvalue weighted by molar-refractivity contribution is 0.0797. The molecule has 34 heavy (non-hydrogen) atoms. The van der Waals surface area contributed by atoms with Gasteiger partial charge in [-0.2, -0.15) is 4.98 Å². The van der Waals surface area contributed by atoms with Crippen LogP contribution in [0.15, 0.2) is 64.5 Å². The molecule has 4 aromatic rings. The van der Waals surface area contributed by atoms with Gasteiger partial charge < -0.3 is 15.2 Å². The minimum absolute atomic E-state index is 0.0240. The number of nitrogen functional groups attached to an aromatic ring is 1. The number of aromatic nitrogens is 3. The van der Waals surface area contributed by atoms with Gasteiger partial charge in [-0.3, -0.25) is 14.4 Å². The number of pyridine rings is 3. The smallest absolute Gasteiger partial charge is 0.272 e. The van der Waals surface area contributed by atoms with E-state index in [-0.39, 0.29) is 17.1 Å². The van der Waals surface area contributed by atoms with Crippen LogP contribution in [0, 0.1) is 0 Å². The molecule has 10 heteroatoms. The third-order valence-electron chi connectivity index (χ3n) is 5.04. The summed E-state index contributed by atoms with van der Waals surface area (Å²) in [4.78, 5) is 26.2. The maximum absolute atomic E-state index is 13.7. The van der Waals surface area contributed by atoms with Crippen molar-refractivity contribution in [2.75, 3.05) is 26.5 Å². The lowest BCUT2D eigenvalue weighted by atomic mass is 10.0. The first kappa shape index (κ1) is 22.8. The van der Waals surface area contributed by atoms with Crippen LogP contribution in [-0.2, 0) is 0 Å². The molecule has 8 nitrogen and oxygen atoms in total. The van der Waals surface area contributed by atoms with Gasteiger partial charge in [0.1, 0.15) is 0 Å². The molecule has 0 aliphatic carbocycles. The van der Waals surface area contributed by atoms with E-state index in [4.69, 9.17) is 15.2 Å². The zero-order valence-electron chi connectivity index (χ0n) is 18.4. The highest BCUT2D eigenvalue weighted by atomic mass is 19.3. The first-order valence-corrected chi connectivity index (χ1v) is 10.2. The van der Waals surface area contributed by atoms with Gasteiger partial charge in [0.2, 0.25) is 11.8 Å². The average Bonchev–Trinajstić information content (AvgIpc) is 2.84. The number of hydrogen-bond acceptors (Lipinski definition) is 7. The molecule has 0 saturated heterocycles. The van der Waals surface area contributed by atoms with Crippen LogP contribution in [0.1, 0.15) is 5.56 Å². The number of anilines is 1. The number of rotatable bonds is 7. The van der Waals surface area contributed by atoms with Gasteiger partial charge in [-0.05, 0) is 35.9 Å². The highest BCUT2D eigenvalue weighted by molar-refractivity contribution is 5.90. The van der Waals surface area contributed by atoms with Crippen LogP contribution in [-0.4, -0.2) is 47.9 Å². The normalized spacial score (nSPS) is 11.4. The van der Waals surface area contributed by atoms with Gasteiger partial charge in [0.05, 0.1) is 19.0 Å². The van der Waals surface area contributed by atoms with Gasteiger partial charge >= 0.3 is 0 Å². The van der Waals surface area contributed by atoms with Crippen molar-refractivity contribution in [2.45, 2.75) is 6.43 Å². The molecule has 0 bridgehead atoms. The summed E-state index contributed by atoms with van der Waals surface area (Å²) in [6, 6.07) is 13.3. The molecule has 174 valence electrons. The van der Waals surface area contributed by atoms with Crippen molar-refractivity contribution in [2.24, 2.45) is 4.99 Å². The number of ether oxygens (including phenoxy) is 2. The molecule has 4 rings (SSSR count). The maximum atomic E-state index is 13.7. The first-order valence-electron chi connectivity index (χ1n) is 10.2. The van der Waals surface area contributed by atoms with E-state index in [0.29, 0.717) is 39.3 Å². The summed E-state index contributed by atoms with van der Waals surface area (Å²) in [6.45, 7) is -0.807. The molecule has 0 radical (unpaired) electrons. The Morgan fingerprint density at radius 3 is 2.62 bits per heavy atom. The lowest BCUT2D eigenvalue weighted by Crippen LogP contribution is -2.22. The highest BCUT2D eigenvalue weighted by Gasteiger charge is 2.16. The van der Waals surface area contributed by atoms with Crippen molar-refractivity contribution in [3.05, 3.63) is 70.6 Å².